The second-order valence-electron chi connectivity index (χ2n) is 4.12. The van der Waals surface area contributed by atoms with Crippen LogP contribution in [0, 0.1) is 0 Å². The number of ether oxygens (including phenoxy) is 1. The Bertz CT molecular complexity index is 177. The highest BCUT2D eigenvalue weighted by Crippen LogP contribution is 2.17. The first-order valence-corrected chi connectivity index (χ1v) is 5.54. The first-order chi connectivity index (χ1) is 7.02. The molecule has 15 heavy (non-hydrogen) atoms. The summed E-state index contributed by atoms with van der Waals surface area (Å²) in [4.78, 5) is 20.3. The predicted molar refractivity (Wildman–Crippen MR) is 57.4 cm³/mol. The van der Waals surface area contributed by atoms with Gasteiger partial charge in [-0.05, 0) is 26.7 Å². The molecule has 90 valence electrons. The Kier molecular flexibility index (Phi) is 7.13. The van der Waals surface area contributed by atoms with E-state index in [0.717, 1.165) is 25.7 Å². The zero-order chi connectivity index (χ0) is 11.7. The van der Waals surface area contributed by atoms with Gasteiger partial charge >= 0.3 is 6.16 Å². The van der Waals surface area contributed by atoms with E-state index in [1.807, 2.05) is 27.7 Å². The van der Waals surface area contributed by atoms with Gasteiger partial charge in [0.05, 0.1) is 6.61 Å². The van der Waals surface area contributed by atoms with Gasteiger partial charge in [-0.3, -0.25) is 4.89 Å². The molecule has 0 unspecified atom stereocenters. The van der Waals surface area contributed by atoms with Crippen molar-refractivity contribution < 1.29 is 19.3 Å². The molecule has 0 aromatic rings. The fraction of sp³-hybridized carbons (Fsp3) is 0.909. The lowest BCUT2D eigenvalue weighted by atomic mass is 10.0. The molecule has 0 bridgehead atoms. The molecule has 4 nitrogen and oxygen atoms in total. The van der Waals surface area contributed by atoms with Crippen LogP contribution in [0.5, 0.6) is 0 Å². The molecule has 0 aliphatic heterocycles. The molecule has 0 aliphatic rings. The second kappa shape index (κ2) is 7.51. The van der Waals surface area contributed by atoms with Crippen LogP contribution in [0.15, 0.2) is 0 Å². The van der Waals surface area contributed by atoms with E-state index in [9.17, 15) is 4.79 Å². The monoisotopic (exact) mass is 218 g/mol. The average Bonchev–Trinajstić information content (AvgIpc) is 2.11. The number of hydrogen-bond acceptors (Lipinski definition) is 4. The van der Waals surface area contributed by atoms with Gasteiger partial charge in [0.1, 0.15) is 5.60 Å². The van der Waals surface area contributed by atoms with E-state index < -0.39 is 11.8 Å². The van der Waals surface area contributed by atoms with Crippen LogP contribution in [-0.2, 0) is 14.5 Å². The summed E-state index contributed by atoms with van der Waals surface area (Å²) < 4.78 is 5.07. The molecule has 0 spiro atoms. The average molecular weight is 218 g/mol. The number of carbonyl (C=O) groups is 1. The van der Waals surface area contributed by atoms with E-state index in [4.69, 9.17) is 4.74 Å². The number of rotatable bonds is 7. The third-order valence-corrected chi connectivity index (χ3v) is 1.92. The molecule has 0 fully saturated rings. The van der Waals surface area contributed by atoms with Crippen molar-refractivity contribution in [3.8, 4) is 0 Å². The fourth-order valence-corrected chi connectivity index (χ4v) is 1.19. The Morgan fingerprint density at radius 3 is 2.40 bits per heavy atom. The summed E-state index contributed by atoms with van der Waals surface area (Å²) in [7, 11) is 0. The van der Waals surface area contributed by atoms with Gasteiger partial charge in [0.2, 0.25) is 0 Å². The van der Waals surface area contributed by atoms with E-state index >= 15 is 0 Å². The zero-order valence-corrected chi connectivity index (χ0v) is 10.2. The fourth-order valence-electron chi connectivity index (χ4n) is 1.19. The Hall–Kier alpha value is -0.770. The van der Waals surface area contributed by atoms with Gasteiger partial charge in [-0.1, -0.05) is 26.7 Å². The van der Waals surface area contributed by atoms with E-state index in [-0.39, 0.29) is 0 Å². The van der Waals surface area contributed by atoms with Gasteiger partial charge in [0, 0.05) is 0 Å². The predicted octanol–water partition coefficient (Wildman–Crippen LogP) is 3.45. The Labute approximate surface area is 91.8 Å². The smallest absolute Gasteiger partial charge is 0.426 e. The van der Waals surface area contributed by atoms with Crippen LogP contribution in [0.4, 0.5) is 4.79 Å². The van der Waals surface area contributed by atoms with E-state index in [1.54, 1.807) is 0 Å². The molecule has 0 amide bonds. The molecule has 4 heteroatoms. The summed E-state index contributed by atoms with van der Waals surface area (Å²) in [5.41, 5.74) is -0.486. The van der Waals surface area contributed by atoms with E-state index in [1.165, 1.54) is 0 Å². The van der Waals surface area contributed by atoms with Gasteiger partial charge in [-0.15, -0.1) is 0 Å². The Balaban J connectivity index is 3.63. The van der Waals surface area contributed by atoms with Crippen molar-refractivity contribution in [1.82, 2.24) is 0 Å². The minimum Gasteiger partial charge on any atom is -0.426 e. The molecule has 0 aromatic heterocycles. The van der Waals surface area contributed by atoms with Crippen LogP contribution in [0.1, 0.15) is 53.4 Å². The van der Waals surface area contributed by atoms with Crippen molar-refractivity contribution in [2.75, 3.05) is 6.61 Å². The number of unbranched alkanes of at least 4 members (excludes halogenated alkanes) is 1. The molecule has 0 N–H and O–H groups in total. The summed E-state index contributed by atoms with van der Waals surface area (Å²) in [5.74, 6) is 0. The molecule has 0 aromatic carbocycles. The minimum absolute atomic E-state index is 0.416. The highest BCUT2D eigenvalue weighted by molar-refractivity contribution is 5.59. The Morgan fingerprint density at radius 1 is 1.20 bits per heavy atom. The standard InChI is InChI=1S/C11H22O4/c1-5-7-9-13-15-10(12)14-11(3,4)8-6-2/h5-9H2,1-4H3. The summed E-state index contributed by atoms with van der Waals surface area (Å²) in [6.45, 7) is 8.19. The van der Waals surface area contributed by atoms with Crippen molar-refractivity contribution in [1.29, 1.82) is 0 Å². The first-order valence-electron chi connectivity index (χ1n) is 5.54. The van der Waals surface area contributed by atoms with Gasteiger partial charge in [0.25, 0.3) is 0 Å². The molecular weight excluding hydrogens is 196 g/mol. The van der Waals surface area contributed by atoms with Gasteiger partial charge in [-0.2, -0.15) is 4.89 Å². The molecular formula is C11H22O4. The summed E-state index contributed by atoms with van der Waals surface area (Å²) in [5, 5.41) is 0. The molecule has 0 rings (SSSR count). The van der Waals surface area contributed by atoms with Crippen molar-refractivity contribution in [3.05, 3.63) is 0 Å². The van der Waals surface area contributed by atoms with E-state index in [0.29, 0.717) is 6.61 Å². The number of carbonyl (C=O) groups excluding carboxylic acids is 1. The quantitative estimate of drug-likeness (QED) is 0.284. The van der Waals surface area contributed by atoms with Crippen LogP contribution < -0.4 is 0 Å². The third-order valence-electron chi connectivity index (χ3n) is 1.92. The first kappa shape index (κ1) is 14.2. The molecule has 0 radical (unpaired) electrons. The normalized spacial score (nSPS) is 11.2. The second-order valence-corrected chi connectivity index (χ2v) is 4.12. The van der Waals surface area contributed by atoms with Crippen molar-refractivity contribution in [2.24, 2.45) is 0 Å². The maximum atomic E-state index is 11.1. The molecule has 0 atom stereocenters. The van der Waals surface area contributed by atoms with Gasteiger partial charge < -0.3 is 4.74 Å². The third kappa shape index (κ3) is 8.24. The van der Waals surface area contributed by atoms with Crippen LogP contribution in [-0.4, -0.2) is 18.4 Å². The lowest BCUT2D eigenvalue weighted by molar-refractivity contribution is -0.261. The largest absolute Gasteiger partial charge is 0.540 e. The van der Waals surface area contributed by atoms with Crippen molar-refractivity contribution in [2.45, 2.75) is 59.0 Å². The maximum absolute atomic E-state index is 11.1. The highest BCUT2D eigenvalue weighted by atomic mass is 17.2. The number of hydrogen-bond donors (Lipinski definition) is 0. The molecule has 0 heterocycles. The minimum atomic E-state index is -0.760. The van der Waals surface area contributed by atoms with Crippen LogP contribution in [0.3, 0.4) is 0 Å². The lowest BCUT2D eigenvalue weighted by Gasteiger charge is -2.23. The molecule has 0 saturated carbocycles. The van der Waals surface area contributed by atoms with Gasteiger partial charge in [-0.25, -0.2) is 4.79 Å². The lowest BCUT2D eigenvalue weighted by Crippen LogP contribution is -2.28. The zero-order valence-electron chi connectivity index (χ0n) is 10.2. The molecule has 0 aliphatic carbocycles. The van der Waals surface area contributed by atoms with Crippen molar-refractivity contribution in [3.63, 3.8) is 0 Å². The van der Waals surface area contributed by atoms with Crippen LogP contribution in [0.2, 0.25) is 0 Å². The summed E-state index contributed by atoms with van der Waals surface area (Å²) in [6, 6.07) is 0. The topological polar surface area (TPSA) is 44.8 Å². The SMILES string of the molecule is CCCCOOC(=O)OC(C)(C)CCC. The Morgan fingerprint density at radius 2 is 1.87 bits per heavy atom. The summed E-state index contributed by atoms with van der Waals surface area (Å²) in [6.07, 6.45) is 2.86. The highest BCUT2D eigenvalue weighted by Gasteiger charge is 2.23. The summed E-state index contributed by atoms with van der Waals surface area (Å²) >= 11 is 0. The van der Waals surface area contributed by atoms with Crippen LogP contribution >= 0.6 is 0 Å². The van der Waals surface area contributed by atoms with Crippen molar-refractivity contribution >= 4 is 6.16 Å². The van der Waals surface area contributed by atoms with E-state index in [2.05, 4.69) is 9.78 Å². The van der Waals surface area contributed by atoms with Gasteiger partial charge in [0.15, 0.2) is 0 Å². The maximum Gasteiger partial charge on any atom is 0.540 e. The van der Waals surface area contributed by atoms with Crippen LogP contribution in [0.25, 0.3) is 0 Å². The molecule has 0 saturated heterocycles.